The van der Waals surface area contributed by atoms with Crippen LogP contribution in [0.3, 0.4) is 0 Å². The van der Waals surface area contributed by atoms with Crippen molar-refractivity contribution in [1.82, 2.24) is 4.90 Å². The molecule has 0 aromatic heterocycles. The van der Waals surface area contributed by atoms with Crippen molar-refractivity contribution < 1.29 is 9.90 Å². The Morgan fingerprint density at radius 1 is 1.41 bits per heavy atom. The van der Waals surface area contributed by atoms with E-state index in [1.807, 2.05) is 0 Å². The Morgan fingerprint density at radius 3 is 2.65 bits per heavy atom. The second kappa shape index (κ2) is 5.27. The number of phenolic OH excluding ortho intramolecular Hbond substituents is 1. The summed E-state index contributed by atoms with van der Waals surface area (Å²) in [6, 6.07) is 4.58. The first kappa shape index (κ1) is 12.7. The van der Waals surface area contributed by atoms with E-state index >= 15 is 0 Å². The standard InChI is InChI=1S/C12H13BrClNO2/c13-8-3-5-15(6-4-8)12(17)10-2-1-9(14)7-11(10)16/h1-2,7-8,16H,3-6H2. The molecule has 0 saturated carbocycles. The van der Waals surface area contributed by atoms with Crippen molar-refractivity contribution in [3.05, 3.63) is 28.8 Å². The minimum absolute atomic E-state index is 0.0523. The Hall–Kier alpha value is -0.740. The molecular formula is C12H13BrClNO2. The fourth-order valence-electron chi connectivity index (χ4n) is 1.91. The lowest BCUT2D eigenvalue weighted by molar-refractivity contribution is 0.0725. The lowest BCUT2D eigenvalue weighted by Crippen LogP contribution is -2.38. The molecule has 3 nitrogen and oxygen atoms in total. The van der Waals surface area contributed by atoms with Crippen molar-refractivity contribution in [2.24, 2.45) is 0 Å². The molecule has 1 aromatic rings. The van der Waals surface area contributed by atoms with Crippen LogP contribution < -0.4 is 0 Å². The van der Waals surface area contributed by atoms with Crippen molar-refractivity contribution in [3.63, 3.8) is 0 Å². The highest BCUT2D eigenvalue weighted by Crippen LogP contribution is 2.25. The van der Waals surface area contributed by atoms with Crippen LogP contribution in [0.1, 0.15) is 23.2 Å². The van der Waals surface area contributed by atoms with E-state index in [2.05, 4.69) is 15.9 Å². The third-order valence-electron chi connectivity index (χ3n) is 2.90. The predicted octanol–water partition coefficient (Wildman–Crippen LogP) is 3.05. The van der Waals surface area contributed by atoms with Gasteiger partial charge in [-0.2, -0.15) is 0 Å². The first-order valence-corrected chi connectivity index (χ1v) is 6.79. The average Bonchev–Trinajstić information content (AvgIpc) is 2.29. The summed E-state index contributed by atoms with van der Waals surface area (Å²) < 4.78 is 0. The van der Waals surface area contributed by atoms with Crippen LogP contribution in [0.2, 0.25) is 5.02 Å². The van der Waals surface area contributed by atoms with Crippen LogP contribution >= 0.6 is 27.5 Å². The van der Waals surface area contributed by atoms with Gasteiger partial charge in [0.15, 0.2) is 0 Å². The maximum Gasteiger partial charge on any atom is 0.257 e. The van der Waals surface area contributed by atoms with E-state index in [0.717, 1.165) is 25.9 Å². The summed E-state index contributed by atoms with van der Waals surface area (Å²) >= 11 is 9.28. The molecular weight excluding hydrogens is 305 g/mol. The van der Waals surface area contributed by atoms with Gasteiger partial charge < -0.3 is 10.0 Å². The molecule has 1 N–H and O–H groups in total. The molecule has 5 heteroatoms. The SMILES string of the molecule is O=C(c1ccc(Cl)cc1O)N1CCC(Br)CC1. The molecule has 1 aromatic carbocycles. The number of halogens is 2. The van der Waals surface area contributed by atoms with E-state index in [1.165, 1.54) is 6.07 Å². The van der Waals surface area contributed by atoms with Gasteiger partial charge in [0.05, 0.1) is 5.56 Å². The predicted molar refractivity (Wildman–Crippen MR) is 71.0 cm³/mol. The van der Waals surface area contributed by atoms with Gasteiger partial charge in [-0.1, -0.05) is 27.5 Å². The minimum atomic E-state index is -0.126. The van der Waals surface area contributed by atoms with Gasteiger partial charge in [0.2, 0.25) is 0 Å². The third kappa shape index (κ3) is 2.93. The Labute approximate surface area is 114 Å². The number of benzene rings is 1. The van der Waals surface area contributed by atoms with Crippen LogP contribution in [-0.2, 0) is 0 Å². The Balaban J connectivity index is 2.14. The van der Waals surface area contributed by atoms with Gasteiger partial charge in [0, 0.05) is 22.9 Å². The van der Waals surface area contributed by atoms with Crippen molar-refractivity contribution in [3.8, 4) is 5.75 Å². The number of amides is 1. The maximum atomic E-state index is 12.1. The van der Waals surface area contributed by atoms with Crippen molar-refractivity contribution >= 4 is 33.4 Å². The summed E-state index contributed by atoms with van der Waals surface area (Å²) in [6.07, 6.45) is 1.89. The quantitative estimate of drug-likeness (QED) is 0.809. The Kier molecular flexibility index (Phi) is 3.94. The number of alkyl halides is 1. The van der Waals surface area contributed by atoms with Crippen molar-refractivity contribution in [2.75, 3.05) is 13.1 Å². The molecule has 17 heavy (non-hydrogen) atoms. The molecule has 1 amide bonds. The van der Waals surface area contributed by atoms with Gasteiger partial charge in [0.25, 0.3) is 5.91 Å². The zero-order valence-corrected chi connectivity index (χ0v) is 11.5. The van der Waals surface area contributed by atoms with E-state index in [4.69, 9.17) is 11.6 Å². The fraction of sp³-hybridized carbons (Fsp3) is 0.417. The number of rotatable bonds is 1. The molecule has 1 heterocycles. The van der Waals surface area contributed by atoms with Gasteiger partial charge in [-0.15, -0.1) is 0 Å². The molecule has 1 aliphatic rings. The number of aromatic hydroxyl groups is 1. The molecule has 0 bridgehead atoms. The molecule has 0 spiro atoms. The lowest BCUT2D eigenvalue weighted by Gasteiger charge is -2.29. The zero-order valence-electron chi connectivity index (χ0n) is 9.20. The summed E-state index contributed by atoms with van der Waals surface area (Å²) in [5.74, 6) is -0.179. The smallest absolute Gasteiger partial charge is 0.257 e. The molecule has 0 unspecified atom stereocenters. The molecule has 2 rings (SSSR count). The Morgan fingerprint density at radius 2 is 2.06 bits per heavy atom. The van der Waals surface area contributed by atoms with Gasteiger partial charge in [-0.25, -0.2) is 0 Å². The summed E-state index contributed by atoms with van der Waals surface area (Å²) in [6.45, 7) is 1.44. The summed E-state index contributed by atoms with van der Waals surface area (Å²) in [7, 11) is 0. The molecule has 1 aliphatic heterocycles. The number of phenols is 1. The van der Waals surface area contributed by atoms with Crippen LogP contribution in [0.15, 0.2) is 18.2 Å². The Bertz CT molecular complexity index is 431. The second-order valence-corrected chi connectivity index (χ2v) is 5.86. The third-order valence-corrected chi connectivity index (χ3v) is 4.05. The van der Waals surface area contributed by atoms with Crippen LogP contribution in [0.5, 0.6) is 5.75 Å². The van der Waals surface area contributed by atoms with E-state index in [-0.39, 0.29) is 11.7 Å². The molecule has 1 saturated heterocycles. The van der Waals surface area contributed by atoms with Gasteiger partial charge in [-0.3, -0.25) is 4.79 Å². The normalized spacial score (nSPS) is 17.2. The van der Waals surface area contributed by atoms with E-state index in [0.29, 0.717) is 15.4 Å². The van der Waals surface area contributed by atoms with Crippen molar-refractivity contribution in [1.29, 1.82) is 0 Å². The first-order valence-electron chi connectivity index (χ1n) is 5.50. The number of nitrogens with zero attached hydrogens (tertiary/aromatic N) is 1. The molecule has 0 aliphatic carbocycles. The number of hydrogen-bond donors (Lipinski definition) is 1. The number of likely N-dealkylation sites (tertiary alicyclic amines) is 1. The number of piperidine rings is 1. The lowest BCUT2D eigenvalue weighted by atomic mass is 10.1. The fourth-order valence-corrected chi connectivity index (χ4v) is 2.48. The molecule has 0 atom stereocenters. The van der Waals surface area contributed by atoms with E-state index < -0.39 is 0 Å². The van der Waals surface area contributed by atoms with Gasteiger partial charge in [-0.05, 0) is 31.0 Å². The van der Waals surface area contributed by atoms with E-state index in [9.17, 15) is 9.90 Å². The number of hydrogen-bond acceptors (Lipinski definition) is 2. The monoisotopic (exact) mass is 317 g/mol. The maximum absolute atomic E-state index is 12.1. The van der Waals surface area contributed by atoms with Crippen LogP contribution in [-0.4, -0.2) is 33.8 Å². The zero-order chi connectivity index (χ0) is 12.4. The average molecular weight is 319 g/mol. The largest absolute Gasteiger partial charge is 0.507 e. The van der Waals surface area contributed by atoms with Gasteiger partial charge in [0.1, 0.15) is 5.75 Å². The minimum Gasteiger partial charge on any atom is -0.507 e. The second-order valence-electron chi connectivity index (χ2n) is 4.13. The molecule has 0 radical (unpaired) electrons. The highest BCUT2D eigenvalue weighted by Gasteiger charge is 2.23. The topological polar surface area (TPSA) is 40.5 Å². The molecule has 92 valence electrons. The summed E-state index contributed by atoms with van der Waals surface area (Å²) in [5.41, 5.74) is 0.322. The van der Waals surface area contributed by atoms with Crippen molar-refractivity contribution in [2.45, 2.75) is 17.7 Å². The van der Waals surface area contributed by atoms with Crippen LogP contribution in [0.4, 0.5) is 0 Å². The summed E-state index contributed by atoms with van der Waals surface area (Å²) in [4.78, 5) is 14.4. The van der Waals surface area contributed by atoms with Gasteiger partial charge >= 0.3 is 0 Å². The number of carbonyl (C=O) groups is 1. The highest BCUT2D eigenvalue weighted by molar-refractivity contribution is 9.09. The summed E-state index contributed by atoms with van der Waals surface area (Å²) in [5, 5.41) is 10.1. The highest BCUT2D eigenvalue weighted by atomic mass is 79.9. The molecule has 1 fully saturated rings. The first-order chi connectivity index (χ1) is 8.08. The van der Waals surface area contributed by atoms with E-state index in [1.54, 1.807) is 17.0 Å². The van der Waals surface area contributed by atoms with Crippen LogP contribution in [0, 0.1) is 0 Å². The van der Waals surface area contributed by atoms with Crippen LogP contribution in [0.25, 0.3) is 0 Å². The number of carbonyl (C=O) groups excluding carboxylic acids is 1.